The van der Waals surface area contributed by atoms with E-state index in [1.165, 1.54) is 11.1 Å². The van der Waals surface area contributed by atoms with Gasteiger partial charge in [-0.3, -0.25) is 0 Å². The molecule has 1 aliphatic heterocycles. The average Bonchev–Trinajstić information content (AvgIpc) is 3.23. The molecule has 0 amide bonds. The number of aliphatic hydroxyl groups is 1. The van der Waals surface area contributed by atoms with Crippen molar-refractivity contribution in [3.8, 4) is 0 Å². The van der Waals surface area contributed by atoms with Crippen LogP contribution in [0.15, 0.2) is 30.6 Å². The van der Waals surface area contributed by atoms with Crippen molar-refractivity contribution in [1.82, 2.24) is 9.97 Å². The number of nitrogens with zero attached hydrogens (tertiary/aromatic N) is 3. The van der Waals surface area contributed by atoms with Crippen LogP contribution in [0.2, 0.25) is 5.02 Å². The molecule has 6 heteroatoms. The van der Waals surface area contributed by atoms with Crippen LogP contribution in [0.25, 0.3) is 0 Å². The predicted molar refractivity (Wildman–Crippen MR) is 95.6 cm³/mol. The zero-order valence-corrected chi connectivity index (χ0v) is 14.2. The van der Waals surface area contributed by atoms with Crippen LogP contribution in [-0.4, -0.2) is 34.3 Å². The molecule has 1 fully saturated rings. The molecule has 5 nitrogen and oxygen atoms in total. The van der Waals surface area contributed by atoms with Gasteiger partial charge in [0.1, 0.15) is 18.0 Å². The molecular formula is C18H21ClN4O. The van der Waals surface area contributed by atoms with E-state index in [-0.39, 0.29) is 18.7 Å². The minimum atomic E-state index is 0.166. The van der Waals surface area contributed by atoms with E-state index in [1.54, 1.807) is 6.33 Å². The third-order valence-corrected chi connectivity index (χ3v) is 5.42. The first-order valence-electron chi connectivity index (χ1n) is 8.49. The van der Waals surface area contributed by atoms with E-state index in [2.05, 4.69) is 26.3 Å². The summed E-state index contributed by atoms with van der Waals surface area (Å²) in [6.07, 6.45) is 5.70. The van der Waals surface area contributed by atoms with Gasteiger partial charge in [-0.15, -0.1) is 0 Å². The summed E-state index contributed by atoms with van der Waals surface area (Å²) < 4.78 is 0. The third kappa shape index (κ3) is 2.82. The first kappa shape index (κ1) is 15.7. The van der Waals surface area contributed by atoms with E-state index < -0.39 is 0 Å². The van der Waals surface area contributed by atoms with Gasteiger partial charge in [0, 0.05) is 17.6 Å². The first-order valence-corrected chi connectivity index (χ1v) is 8.87. The maximum Gasteiger partial charge on any atom is 0.134 e. The van der Waals surface area contributed by atoms with E-state index in [9.17, 15) is 5.11 Å². The second-order valence-corrected chi connectivity index (χ2v) is 6.88. The van der Waals surface area contributed by atoms with E-state index in [0.717, 1.165) is 48.9 Å². The Kier molecular flexibility index (Phi) is 4.29. The second kappa shape index (κ2) is 6.57. The van der Waals surface area contributed by atoms with Crippen LogP contribution < -0.4 is 10.2 Å². The van der Waals surface area contributed by atoms with Gasteiger partial charge >= 0.3 is 0 Å². The number of aromatic nitrogens is 2. The molecule has 1 aliphatic carbocycles. The maximum absolute atomic E-state index is 9.52. The molecule has 24 heavy (non-hydrogen) atoms. The van der Waals surface area contributed by atoms with E-state index in [4.69, 9.17) is 11.6 Å². The van der Waals surface area contributed by atoms with Crippen LogP contribution in [0.5, 0.6) is 0 Å². The summed E-state index contributed by atoms with van der Waals surface area (Å²) in [7, 11) is 0. The highest BCUT2D eigenvalue weighted by molar-refractivity contribution is 6.31. The van der Waals surface area contributed by atoms with Crippen LogP contribution in [0, 0.1) is 0 Å². The van der Waals surface area contributed by atoms with Gasteiger partial charge in [-0.1, -0.05) is 23.7 Å². The van der Waals surface area contributed by atoms with Gasteiger partial charge in [0.2, 0.25) is 0 Å². The molecule has 0 bridgehead atoms. The molecule has 126 valence electrons. The molecule has 2 unspecified atom stereocenters. The molecule has 2 aliphatic rings. The summed E-state index contributed by atoms with van der Waals surface area (Å²) in [6.45, 7) is 1.10. The highest BCUT2D eigenvalue weighted by Gasteiger charge is 2.27. The standard InChI is InChI=1S/C18H21ClN4O/c19-15-5-1-4-14-13(15)6-7-16(14)22-17-9-18(21-11-20-17)23-8-2-3-12(23)10-24/h1,4-5,9,11-12,16,24H,2-3,6-8,10H2,(H,20,21,22). The van der Waals surface area contributed by atoms with Crippen molar-refractivity contribution in [2.45, 2.75) is 37.8 Å². The molecule has 2 atom stereocenters. The minimum Gasteiger partial charge on any atom is -0.394 e. The van der Waals surface area contributed by atoms with Crippen molar-refractivity contribution in [2.24, 2.45) is 0 Å². The first-order chi connectivity index (χ1) is 11.8. The summed E-state index contributed by atoms with van der Waals surface area (Å²) in [6, 6.07) is 8.47. The molecule has 4 rings (SSSR count). The predicted octanol–water partition coefficient (Wildman–Crippen LogP) is 3.19. The lowest BCUT2D eigenvalue weighted by atomic mass is 10.1. The van der Waals surface area contributed by atoms with Crippen molar-refractivity contribution < 1.29 is 5.11 Å². The Hall–Kier alpha value is -1.85. The molecule has 2 heterocycles. The number of nitrogens with one attached hydrogen (secondary N) is 1. The topological polar surface area (TPSA) is 61.3 Å². The van der Waals surface area contributed by atoms with Gasteiger partial charge in [0.15, 0.2) is 0 Å². The number of hydrogen-bond acceptors (Lipinski definition) is 5. The number of fused-ring (bicyclic) bond motifs is 1. The monoisotopic (exact) mass is 344 g/mol. The highest BCUT2D eigenvalue weighted by Crippen LogP contribution is 2.37. The molecule has 1 aromatic carbocycles. The van der Waals surface area contributed by atoms with Crippen molar-refractivity contribution in [3.05, 3.63) is 46.7 Å². The number of benzene rings is 1. The van der Waals surface area contributed by atoms with Crippen LogP contribution >= 0.6 is 11.6 Å². The number of anilines is 2. The van der Waals surface area contributed by atoms with Crippen molar-refractivity contribution in [1.29, 1.82) is 0 Å². The lowest BCUT2D eigenvalue weighted by molar-refractivity contribution is 0.266. The van der Waals surface area contributed by atoms with E-state index in [1.807, 2.05) is 18.2 Å². The molecule has 1 saturated heterocycles. The lowest BCUT2D eigenvalue weighted by Crippen LogP contribution is -2.32. The lowest BCUT2D eigenvalue weighted by Gasteiger charge is -2.24. The SMILES string of the molecule is OCC1CCCN1c1cc(NC2CCc3c(Cl)cccc32)ncn1. The summed E-state index contributed by atoms with van der Waals surface area (Å²) in [5, 5.41) is 13.9. The summed E-state index contributed by atoms with van der Waals surface area (Å²) in [5.41, 5.74) is 2.50. The average molecular weight is 345 g/mol. The van der Waals surface area contributed by atoms with Gasteiger partial charge in [0.25, 0.3) is 0 Å². The van der Waals surface area contributed by atoms with Gasteiger partial charge < -0.3 is 15.3 Å². The molecule has 0 spiro atoms. The molecule has 0 radical (unpaired) electrons. The normalized spacial score (nSPS) is 22.7. The van der Waals surface area contributed by atoms with E-state index >= 15 is 0 Å². The number of rotatable bonds is 4. The maximum atomic E-state index is 9.52. The fraction of sp³-hybridized carbons (Fsp3) is 0.444. The molecule has 1 aromatic heterocycles. The molecule has 2 aromatic rings. The van der Waals surface area contributed by atoms with Gasteiger partial charge in [0.05, 0.1) is 18.7 Å². The fourth-order valence-electron chi connectivity index (χ4n) is 3.85. The van der Waals surface area contributed by atoms with Crippen LogP contribution in [0.1, 0.15) is 36.4 Å². The number of hydrogen-bond donors (Lipinski definition) is 2. The van der Waals surface area contributed by atoms with Crippen molar-refractivity contribution in [2.75, 3.05) is 23.4 Å². The Bertz CT molecular complexity index is 739. The quantitative estimate of drug-likeness (QED) is 0.892. The smallest absolute Gasteiger partial charge is 0.134 e. The van der Waals surface area contributed by atoms with Crippen LogP contribution in [-0.2, 0) is 6.42 Å². The summed E-state index contributed by atoms with van der Waals surface area (Å²) in [4.78, 5) is 10.9. The third-order valence-electron chi connectivity index (χ3n) is 5.07. The van der Waals surface area contributed by atoms with E-state index in [0.29, 0.717) is 0 Å². The minimum absolute atomic E-state index is 0.166. The summed E-state index contributed by atoms with van der Waals surface area (Å²) >= 11 is 6.30. The van der Waals surface area contributed by atoms with Crippen LogP contribution in [0.4, 0.5) is 11.6 Å². The zero-order chi connectivity index (χ0) is 16.5. The highest BCUT2D eigenvalue weighted by atomic mass is 35.5. The number of halogens is 1. The molecule has 2 N–H and O–H groups in total. The van der Waals surface area contributed by atoms with Crippen molar-refractivity contribution >= 4 is 23.2 Å². The Morgan fingerprint density at radius 3 is 3.08 bits per heavy atom. The van der Waals surface area contributed by atoms with Gasteiger partial charge in [-0.05, 0) is 42.9 Å². The van der Waals surface area contributed by atoms with Crippen LogP contribution in [0.3, 0.4) is 0 Å². The Labute approximate surface area is 146 Å². The Morgan fingerprint density at radius 1 is 1.29 bits per heavy atom. The summed E-state index contributed by atoms with van der Waals surface area (Å²) in [5.74, 6) is 1.70. The second-order valence-electron chi connectivity index (χ2n) is 6.48. The largest absolute Gasteiger partial charge is 0.394 e. The zero-order valence-electron chi connectivity index (χ0n) is 13.5. The Balaban J connectivity index is 1.55. The molecule has 0 saturated carbocycles. The van der Waals surface area contributed by atoms with Gasteiger partial charge in [-0.25, -0.2) is 9.97 Å². The van der Waals surface area contributed by atoms with Gasteiger partial charge in [-0.2, -0.15) is 0 Å². The van der Waals surface area contributed by atoms with Crippen molar-refractivity contribution in [3.63, 3.8) is 0 Å². The molecular weight excluding hydrogens is 324 g/mol. The number of aliphatic hydroxyl groups excluding tert-OH is 1. The Morgan fingerprint density at radius 2 is 2.21 bits per heavy atom. The fourth-order valence-corrected chi connectivity index (χ4v) is 4.12.